The fourth-order valence-corrected chi connectivity index (χ4v) is 5.43. The molecular formula is C34H29ClN2O3. The van der Waals surface area contributed by atoms with E-state index in [9.17, 15) is 9.90 Å². The molecule has 1 aliphatic rings. The van der Waals surface area contributed by atoms with Crippen LogP contribution >= 0.6 is 11.6 Å². The van der Waals surface area contributed by atoms with Crippen LogP contribution < -0.4 is 9.64 Å². The first-order chi connectivity index (χ1) is 19.5. The van der Waals surface area contributed by atoms with E-state index in [4.69, 9.17) is 16.3 Å². The Morgan fingerprint density at radius 1 is 0.775 bits per heavy atom. The number of hydrogen-bond donors (Lipinski definition) is 1. The summed E-state index contributed by atoms with van der Waals surface area (Å²) in [5.41, 5.74) is 4.78. The second kappa shape index (κ2) is 11.4. The van der Waals surface area contributed by atoms with E-state index in [1.165, 1.54) is 11.1 Å². The van der Waals surface area contributed by atoms with Crippen LogP contribution in [0.4, 0.5) is 5.69 Å². The number of rotatable bonds is 7. The Kier molecular flexibility index (Phi) is 7.41. The number of fused-ring (bicyclic) bond motifs is 1. The summed E-state index contributed by atoms with van der Waals surface area (Å²) in [5.74, 6) is -0.0476. The predicted octanol–water partition coefficient (Wildman–Crippen LogP) is 7.97. The normalized spacial score (nSPS) is 13.9. The molecule has 40 heavy (non-hydrogen) atoms. The van der Waals surface area contributed by atoms with E-state index in [1.807, 2.05) is 66.7 Å². The van der Waals surface area contributed by atoms with Gasteiger partial charge in [0.1, 0.15) is 17.1 Å². The summed E-state index contributed by atoms with van der Waals surface area (Å²) in [7, 11) is 0. The summed E-state index contributed by atoms with van der Waals surface area (Å²) in [6, 6.07) is 35.7. The maximum Gasteiger partial charge on any atom is 0.339 e. The molecule has 0 aliphatic carbocycles. The number of carboxylic acid groups (broad SMARTS) is 1. The molecule has 1 N–H and O–H groups in total. The minimum atomic E-state index is -1.01. The van der Waals surface area contributed by atoms with Crippen LogP contribution in [0.25, 0.3) is 21.9 Å². The Morgan fingerprint density at radius 2 is 1.50 bits per heavy atom. The van der Waals surface area contributed by atoms with Crippen LogP contribution in [-0.4, -0.2) is 42.2 Å². The van der Waals surface area contributed by atoms with E-state index in [0.717, 1.165) is 59.8 Å². The third kappa shape index (κ3) is 5.67. The molecule has 200 valence electrons. The van der Waals surface area contributed by atoms with Gasteiger partial charge in [0.25, 0.3) is 0 Å². The molecule has 0 unspecified atom stereocenters. The van der Waals surface area contributed by atoms with Gasteiger partial charge in [0.2, 0.25) is 0 Å². The molecule has 0 saturated carbocycles. The monoisotopic (exact) mass is 548 g/mol. The quantitative estimate of drug-likeness (QED) is 0.223. The molecule has 0 bridgehead atoms. The minimum absolute atomic E-state index is 0.148. The maximum absolute atomic E-state index is 12.0. The summed E-state index contributed by atoms with van der Waals surface area (Å²) in [6.07, 6.45) is 0. The van der Waals surface area contributed by atoms with E-state index in [-0.39, 0.29) is 5.56 Å². The molecule has 1 saturated heterocycles. The number of carboxylic acids is 1. The Labute approximate surface area is 238 Å². The Balaban J connectivity index is 1.16. The zero-order valence-electron chi connectivity index (χ0n) is 22.0. The number of piperazine rings is 1. The molecular weight excluding hydrogens is 520 g/mol. The third-order valence-electron chi connectivity index (χ3n) is 7.45. The number of aromatic carboxylic acids is 1. The van der Waals surface area contributed by atoms with Crippen LogP contribution in [0.5, 0.6) is 11.5 Å². The first-order valence-corrected chi connectivity index (χ1v) is 13.8. The Hall–Kier alpha value is -4.32. The van der Waals surface area contributed by atoms with Crippen molar-refractivity contribution >= 4 is 34.0 Å². The van der Waals surface area contributed by atoms with Gasteiger partial charge in [-0.3, -0.25) is 4.90 Å². The van der Waals surface area contributed by atoms with Crippen molar-refractivity contribution in [2.75, 3.05) is 31.1 Å². The Morgan fingerprint density at radius 3 is 2.27 bits per heavy atom. The first-order valence-electron chi connectivity index (χ1n) is 13.4. The van der Waals surface area contributed by atoms with Crippen molar-refractivity contribution in [3.8, 4) is 22.6 Å². The lowest BCUT2D eigenvalue weighted by Gasteiger charge is -2.36. The predicted molar refractivity (Wildman–Crippen MR) is 162 cm³/mol. The first kappa shape index (κ1) is 25.9. The molecule has 5 aromatic carbocycles. The molecule has 0 aromatic heterocycles. The molecule has 0 radical (unpaired) electrons. The van der Waals surface area contributed by atoms with Crippen molar-refractivity contribution in [2.45, 2.75) is 6.54 Å². The zero-order chi connectivity index (χ0) is 27.5. The van der Waals surface area contributed by atoms with E-state index in [1.54, 1.807) is 6.07 Å². The maximum atomic E-state index is 12.0. The van der Waals surface area contributed by atoms with Gasteiger partial charge in [0.15, 0.2) is 0 Å². The second-order valence-electron chi connectivity index (χ2n) is 10.0. The van der Waals surface area contributed by atoms with Gasteiger partial charge >= 0.3 is 5.97 Å². The standard InChI is InChI=1S/C34H29ClN2O3/c35-28-12-9-25(10-13-28)31-8-4-3-7-27(31)23-36-17-19-37(20-18-36)29-14-16-32(34(38)39)33(22-29)40-30-15-11-24-5-1-2-6-26(24)21-30/h1-16,21-22H,17-20,23H2,(H,38,39). The smallest absolute Gasteiger partial charge is 0.339 e. The highest BCUT2D eigenvalue weighted by Crippen LogP contribution is 2.33. The number of hydrogen-bond acceptors (Lipinski definition) is 4. The SMILES string of the molecule is O=C(O)c1ccc(N2CCN(Cc3ccccc3-c3ccc(Cl)cc3)CC2)cc1Oc1ccc2ccccc2c1. The summed E-state index contributed by atoms with van der Waals surface area (Å²) >= 11 is 6.10. The summed E-state index contributed by atoms with van der Waals surface area (Å²) in [5, 5.41) is 12.7. The van der Waals surface area contributed by atoms with Crippen molar-refractivity contribution in [3.63, 3.8) is 0 Å². The van der Waals surface area contributed by atoms with Crippen molar-refractivity contribution in [2.24, 2.45) is 0 Å². The van der Waals surface area contributed by atoms with Gasteiger partial charge in [-0.2, -0.15) is 0 Å². The topological polar surface area (TPSA) is 53.0 Å². The van der Waals surface area contributed by atoms with Gasteiger partial charge in [-0.25, -0.2) is 4.79 Å². The lowest BCUT2D eigenvalue weighted by atomic mass is 9.99. The van der Waals surface area contributed by atoms with Gasteiger partial charge in [0, 0.05) is 49.5 Å². The van der Waals surface area contributed by atoms with Crippen LogP contribution in [0.1, 0.15) is 15.9 Å². The van der Waals surface area contributed by atoms with E-state index < -0.39 is 5.97 Å². The number of carbonyl (C=O) groups is 1. The molecule has 1 heterocycles. The lowest BCUT2D eigenvalue weighted by molar-refractivity contribution is 0.0694. The van der Waals surface area contributed by atoms with E-state index in [2.05, 4.69) is 46.2 Å². The highest BCUT2D eigenvalue weighted by atomic mass is 35.5. The van der Waals surface area contributed by atoms with E-state index >= 15 is 0 Å². The van der Waals surface area contributed by atoms with Crippen molar-refractivity contribution in [3.05, 3.63) is 125 Å². The highest BCUT2D eigenvalue weighted by molar-refractivity contribution is 6.30. The minimum Gasteiger partial charge on any atom is -0.478 e. The van der Waals surface area contributed by atoms with Crippen LogP contribution in [0.3, 0.4) is 0 Å². The Bertz CT molecular complexity index is 1660. The number of anilines is 1. The summed E-state index contributed by atoms with van der Waals surface area (Å²) in [6.45, 7) is 4.34. The summed E-state index contributed by atoms with van der Waals surface area (Å²) < 4.78 is 6.15. The molecule has 0 atom stereocenters. The molecule has 1 aliphatic heterocycles. The van der Waals surface area contributed by atoms with Crippen molar-refractivity contribution in [1.29, 1.82) is 0 Å². The largest absolute Gasteiger partial charge is 0.478 e. The van der Waals surface area contributed by atoms with Gasteiger partial charge in [-0.1, -0.05) is 78.3 Å². The molecule has 5 aromatic rings. The molecule has 6 rings (SSSR count). The van der Waals surface area contributed by atoms with Crippen molar-refractivity contribution < 1.29 is 14.6 Å². The molecule has 0 amide bonds. The van der Waals surface area contributed by atoms with Gasteiger partial charge in [-0.15, -0.1) is 0 Å². The van der Waals surface area contributed by atoms with Crippen molar-refractivity contribution in [1.82, 2.24) is 4.90 Å². The van der Waals surface area contributed by atoms with Crippen LogP contribution in [0.2, 0.25) is 5.02 Å². The van der Waals surface area contributed by atoms with Gasteiger partial charge in [0.05, 0.1) is 0 Å². The number of halogens is 1. The van der Waals surface area contributed by atoms with E-state index in [0.29, 0.717) is 11.5 Å². The van der Waals surface area contributed by atoms with Gasteiger partial charge in [-0.05, 0) is 63.9 Å². The average Bonchev–Trinajstić information content (AvgIpc) is 2.98. The number of benzene rings is 5. The van der Waals surface area contributed by atoms with Crippen LogP contribution in [-0.2, 0) is 6.54 Å². The fraction of sp³-hybridized carbons (Fsp3) is 0.147. The lowest BCUT2D eigenvalue weighted by Crippen LogP contribution is -2.46. The van der Waals surface area contributed by atoms with Crippen LogP contribution in [0, 0.1) is 0 Å². The van der Waals surface area contributed by atoms with Crippen LogP contribution in [0.15, 0.2) is 109 Å². The molecule has 0 spiro atoms. The third-order valence-corrected chi connectivity index (χ3v) is 7.70. The van der Waals surface area contributed by atoms with Gasteiger partial charge < -0.3 is 14.7 Å². The second-order valence-corrected chi connectivity index (χ2v) is 10.5. The zero-order valence-corrected chi connectivity index (χ0v) is 22.7. The molecule has 1 fully saturated rings. The number of ether oxygens (including phenoxy) is 1. The molecule has 5 nitrogen and oxygen atoms in total. The highest BCUT2D eigenvalue weighted by Gasteiger charge is 2.21. The fourth-order valence-electron chi connectivity index (χ4n) is 5.30. The average molecular weight is 549 g/mol. The number of nitrogens with zero attached hydrogens (tertiary/aromatic N) is 2. The molecule has 6 heteroatoms. The summed E-state index contributed by atoms with van der Waals surface area (Å²) in [4.78, 5) is 16.7.